The van der Waals surface area contributed by atoms with Crippen molar-refractivity contribution >= 4 is 40.0 Å². The van der Waals surface area contributed by atoms with E-state index in [0.717, 1.165) is 30.9 Å². The van der Waals surface area contributed by atoms with Crippen LogP contribution in [0.2, 0.25) is 0 Å². The maximum absolute atomic E-state index is 12.1. The van der Waals surface area contributed by atoms with Crippen molar-refractivity contribution in [3.63, 3.8) is 0 Å². The smallest absolute Gasteiger partial charge is 0.240 e. The van der Waals surface area contributed by atoms with Gasteiger partial charge in [-0.3, -0.25) is 0 Å². The number of nitrogens with one attached hydrogen (secondary N) is 3. The van der Waals surface area contributed by atoms with E-state index < -0.39 is 10.0 Å². The molecule has 25 heavy (non-hydrogen) atoms. The SMILES string of the molecule is CCNC(=NCc1ccc(S(=O)(=O)NC2CC2)cc1)NC(C)(C)C.I. The summed E-state index contributed by atoms with van der Waals surface area (Å²) in [6.07, 6.45) is 1.86. The van der Waals surface area contributed by atoms with E-state index in [1.807, 2.05) is 19.1 Å². The number of guanidine groups is 1. The van der Waals surface area contributed by atoms with E-state index in [4.69, 9.17) is 0 Å². The van der Waals surface area contributed by atoms with Crippen LogP contribution in [0.1, 0.15) is 46.1 Å². The molecule has 1 aromatic carbocycles. The van der Waals surface area contributed by atoms with Gasteiger partial charge in [-0.2, -0.15) is 0 Å². The highest BCUT2D eigenvalue weighted by Gasteiger charge is 2.27. The molecule has 6 nitrogen and oxygen atoms in total. The van der Waals surface area contributed by atoms with Crippen LogP contribution in [0.4, 0.5) is 0 Å². The van der Waals surface area contributed by atoms with Gasteiger partial charge in [0.15, 0.2) is 5.96 Å². The fourth-order valence-corrected chi connectivity index (χ4v) is 3.40. The Morgan fingerprint density at radius 3 is 2.28 bits per heavy atom. The summed E-state index contributed by atoms with van der Waals surface area (Å²) in [4.78, 5) is 4.86. The van der Waals surface area contributed by atoms with E-state index in [9.17, 15) is 8.42 Å². The second-order valence-corrected chi connectivity index (χ2v) is 8.82. The Hall–Kier alpha value is -0.870. The zero-order valence-electron chi connectivity index (χ0n) is 15.3. The molecule has 0 aromatic heterocycles. The third kappa shape index (κ3) is 7.91. The Labute approximate surface area is 168 Å². The number of hydrogen-bond donors (Lipinski definition) is 3. The molecule has 3 N–H and O–H groups in total. The van der Waals surface area contributed by atoms with Crippen LogP contribution in [0.3, 0.4) is 0 Å². The zero-order chi connectivity index (χ0) is 17.8. The summed E-state index contributed by atoms with van der Waals surface area (Å²) in [6.45, 7) is 9.52. The average molecular weight is 480 g/mol. The summed E-state index contributed by atoms with van der Waals surface area (Å²) in [5, 5.41) is 6.53. The first-order valence-corrected chi connectivity index (χ1v) is 9.86. The number of rotatable bonds is 6. The first-order valence-electron chi connectivity index (χ1n) is 8.37. The lowest BCUT2D eigenvalue weighted by molar-refractivity contribution is 0.501. The molecule has 0 amide bonds. The van der Waals surface area contributed by atoms with Crippen LogP contribution in [-0.2, 0) is 16.6 Å². The lowest BCUT2D eigenvalue weighted by atomic mass is 10.1. The number of sulfonamides is 1. The van der Waals surface area contributed by atoms with Gasteiger partial charge < -0.3 is 10.6 Å². The van der Waals surface area contributed by atoms with Gasteiger partial charge >= 0.3 is 0 Å². The molecule has 0 unspecified atom stereocenters. The quantitative estimate of drug-likeness (QED) is 0.332. The predicted molar refractivity (Wildman–Crippen MR) is 113 cm³/mol. The first-order chi connectivity index (χ1) is 11.2. The van der Waals surface area contributed by atoms with Crippen molar-refractivity contribution in [2.24, 2.45) is 4.99 Å². The molecule has 2 rings (SSSR count). The molecule has 1 saturated carbocycles. The van der Waals surface area contributed by atoms with Crippen LogP contribution >= 0.6 is 24.0 Å². The highest BCUT2D eigenvalue weighted by atomic mass is 127. The molecule has 1 aliphatic rings. The second kappa shape index (κ2) is 9.18. The summed E-state index contributed by atoms with van der Waals surface area (Å²) in [7, 11) is -3.39. The maximum atomic E-state index is 12.1. The topological polar surface area (TPSA) is 82.6 Å². The predicted octanol–water partition coefficient (Wildman–Crippen LogP) is 2.60. The Kier molecular flexibility index (Phi) is 8.14. The molecule has 1 fully saturated rings. The summed E-state index contributed by atoms with van der Waals surface area (Å²) in [5.74, 6) is 0.747. The number of halogens is 1. The molecule has 1 aromatic rings. The van der Waals surface area contributed by atoms with Crippen molar-refractivity contribution in [1.82, 2.24) is 15.4 Å². The Morgan fingerprint density at radius 1 is 1.20 bits per heavy atom. The van der Waals surface area contributed by atoms with Crippen LogP contribution in [0.5, 0.6) is 0 Å². The second-order valence-electron chi connectivity index (χ2n) is 7.11. The van der Waals surface area contributed by atoms with Crippen LogP contribution in [-0.4, -0.2) is 32.5 Å². The fraction of sp³-hybridized carbons (Fsp3) is 0.588. The Balaban J connectivity index is 0.00000312. The maximum Gasteiger partial charge on any atom is 0.240 e. The van der Waals surface area contributed by atoms with E-state index >= 15 is 0 Å². The molecule has 1 aliphatic carbocycles. The van der Waals surface area contributed by atoms with Crippen molar-refractivity contribution in [2.45, 2.75) is 63.6 Å². The lowest BCUT2D eigenvalue weighted by Gasteiger charge is -2.23. The summed E-state index contributed by atoms with van der Waals surface area (Å²) < 4.78 is 27.0. The van der Waals surface area contributed by atoms with Crippen molar-refractivity contribution in [3.05, 3.63) is 29.8 Å². The number of aliphatic imine (C=N–C) groups is 1. The van der Waals surface area contributed by atoms with E-state index in [2.05, 4.69) is 41.1 Å². The normalized spacial score (nSPS) is 15.4. The third-order valence-electron chi connectivity index (χ3n) is 3.39. The molecule has 0 spiro atoms. The molecule has 0 saturated heterocycles. The molecular formula is C17H29IN4O2S. The molecule has 142 valence electrons. The van der Waals surface area contributed by atoms with Crippen molar-refractivity contribution in [2.75, 3.05) is 6.54 Å². The van der Waals surface area contributed by atoms with Gasteiger partial charge in [-0.25, -0.2) is 18.1 Å². The molecule has 0 atom stereocenters. The zero-order valence-corrected chi connectivity index (χ0v) is 18.4. The Morgan fingerprint density at radius 2 is 1.80 bits per heavy atom. The highest BCUT2D eigenvalue weighted by Crippen LogP contribution is 2.22. The van der Waals surface area contributed by atoms with Crippen LogP contribution < -0.4 is 15.4 Å². The van der Waals surface area contributed by atoms with E-state index in [1.165, 1.54) is 0 Å². The largest absolute Gasteiger partial charge is 0.357 e. The average Bonchev–Trinajstić information content (AvgIpc) is 3.27. The highest BCUT2D eigenvalue weighted by molar-refractivity contribution is 14.0. The van der Waals surface area contributed by atoms with Crippen molar-refractivity contribution in [1.29, 1.82) is 0 Å². The van der Waals surface area contributed by atoms with Gasteiger partial charge in [0.2, 0.25) is 10.0 Å². The van der Waals surface area contributed by atoms with Gasteiger partial charge in [-0.15, -0.1) is 24.0 Å². The monoisotopic (exact) mass is 480 g/mol. The lowest BCUT2D eigenvalue weighted by Crippen LogP contribution is -2.47. The summed E-state index contributed by atoms with van der Waals surface area (Å²) in [6, 6.07) is 7.02. The Bertz CT molecular complexity index is 678. The van der Waals surface area contributed by atoms with Gasteiger partial charge in [-0.05, 0) is 58.2 Å². The molecule has 0 heterocycles. The van der Waals surface area contributed by atoms with Gasteiger partial charge in [0.05, 0.1) is 11.4 Å². The van der Waals surface area contributed by atoms with Gasteiger partial charge in [0.1, 0.15) is 0 Å². The third-order valence-corrected chi connectivity index (χ3v) is 4.93. The van der Waals surface area contributed by atoms with E-state index in [0.29, 0.717) is 11.4 Å². The van der Waals surface area contributed by atoms with Crippen molar-refractivity contribution in [3.8, 4) is 0 Å². The van der Waals surface area contributed by atoms with Crippen LogP contribution in [0.25, 0.3) is 0 Å². The number of hydrogen-bond acceptors (Lipinski definition) is 3. The van der Waals surface area contributed by atoms with Crippen LogP contribution in [0.15, 0.2) is 34.2 Å². The van der Waals surface area contributed by atoms with E-state index in [-0.39, 0.29) is 35.6 Å². The minimum absolute atomic E-state index is 0. The van der Waals surface area contributed by atoms with Crippen LogP contribution in [0, 0.1) is 0 Å². The van der Waals surface area contributed by atoms with Gasteiger partial charge in [0.25, 0.3) is 0 Å². The minimum Gasteiger partial charge on any atom is -0.357 e. The first kappa shape index (κ1) is 22.2. The molecule has 0 aliphatic heterocycles. The molecule has 8 heteroatoms. The molecule has 0 radical (unpaired) electrons. The summed E-state index contributed by atoms with van der Waals surface area (Å²) in [5.41, 5.74) is 0.888. The van der Waals surface area contributed by atoms with Gasteiger partial charge in [-0.1, -0.05) is 12.1 Å². The molecular weight excluding hydrogens is 451 g/mol. The number of benzene rings is 1. The fourth-order valence-electron chi connectivity index (χ4n) is 2.10. The standard InChI is InChI=1S/C17H28N4O2S.HI/c1-5-18-16(20-17(2,3)4)19-12-13-6-10-15(11-7-13)24(22,23)21-14-8-9-14;/h6-7,10-11,14,21H,5,8-9,12H2,1-4H3,(H2,18,19,20);1H. The van der Waals surface area contributed by atoms with E-state index in [1.54, 1.807) is 12.1 Å². The molecule has 0 bridgehead atoms. The number of nitrogens with zero attached hydrogens (tertiary/aromatic N) is 1. The minimum atomic E-state index is -3.39. The van der Waals surface area contributed by atoms with Crippen molar-refractivity contribution < 1.29 is 8.42 Å². The van der Waals surface area contributed by atoms with Gasteiger partial charge in [0, 0.05) is 18.1 Å². The summed E-state index contributed by atoms with van der Waals surface area (Å²) >= 11 is 0.